The first kappa shape index (κ1) is 13.8. The van der Waals surface area contributed by atoms with Gasteiger partial charge in [-0.05, 0) is 18.4 Å². The summed E-state index contributed by atoms with van der Waals surface area (Å²) < 4.78 is 6.80. The first-order chi connectivity index (χ1) is 9.15. The van der Waals surface area contributed by atoms with Gasteiger partial charge >= 0.3 is 0 Å². The molecule has 2 aromatic heterocycles. The molecular formula is C13H17N3O2S. The van der Waals surface area contributed by atoms with E-state index in [1.807, 2.05) is 18.4 Å². The Hall–Kier alpha value is -1.66. The van der Waals surface area contributed by atoms with Crippen LogP contribution in [0.25, 0.3) is 0 Å². The van der Waals surface area contributed by atoms with Crippen molar-refractivity contribution in [2.75, 3.05) is 6.61 Å². The molecule has 0 aliphatic heterocycles. The van der Waals surface area contributed by atoms with Gasteiger partial charge < -0.3 is 10.5 Å². The van der Waals surface area contributed by atoms with E-state index in [1.165, 1.54) is 15.6 Å². The third-order valence-electron chi connectivity index (χ3n) is 2.51. The summed E-state index contributed by atoms with van der Waals surface area (Å²) in [6.45, 7) is 2.79. The molecule has 19 heavy (non-hydrogen) atoms. The van der Waals surface area contributed by atoms with Crippen LogP contribution in [0, 0.1) is 0 Å². The van der Waals surface area contributed by atoms with E-state index in [9.17, 15) is 4.79 Å². The first-order valence-electron chi connectivity index (χ1n) is 6.13. The lowest BCUT2D eigenvalue weighted by molar-refractivity contribution is 0.292. The van der Waals surface area contributed by atoms with Crippen LogP contribution in [0.5, 0.6) is 5.75 Å². The summed E-state index contributed by atoms with van der Waals surface area (Å²) in [4.78, 5) is 13.1. The fraction of sp³-hybridized carbons (Fsp3) is 0.385. The molecule has 0 fully saturated rings. The Balaban J connectivity index is 1.97. The minimum Gasteiger partial charge on any atom is -0.490 e. The second kappa shape index (κ2) is 6.49. The summed E-state index contributed by atoms with van der Waals surface area (Å²) in [5.41, 5.74) is 5.43. The van der Waals surface area contributed by atoms with Crippen molar-refractivity contribution in [2.24, 2.45) is 5.73 Å². The fourth-order valence-electron chi connectivity index (χ4n) is 1.56. The van der Waals surface area contributed by atoms with Gasteiger partial charge in [0.05, 0.1) is 6.20 Å². The van der Waals surface area contributed by atoms with Crippen LogP contribution in [-0.2, 0) is 13.0 Å². The van der Waals surface area contributed by atoms with Crippen LogP contribution in [0.1, 0.15) is 11.8 Å². The van der Waals surface area contributed by atoms with Gasteiger partial charge in [0.25, 0.3) is 5.56 Å². The van der Waals surface area contributed by atoms with Crippen molar-refractivity contribution in [3.8, 4) is 5.75 Å². The molecule has 2 N–H and O–H groups in total. The minimum atomic E-state index is -0.154. The topological polar surface area (TPSA) is 70.1 Å². The molecule has 0 aliphatic carbocycles. The number of aryl methyl sites for hydroxylation is 2. The molecule has 5 nitrogen and oxygen atoms in total. The smallest absolute Gasteiger partial charge is 0.270 e. The van der Waals surface area contributed by atoms with Crippen LogP contribution in [0.2, 0.25) is 0 Å². The van der Waals surface area contributed by atoms with Crippen LogP contribution >= 0.6 is 11.3 Å². The molecule has 0 aromatic carbocycles. The minimum absolute atomic E-state index is 0.0683. The monoisotopic (exact) mass is 279 g/mol. The fourth-order valence-corrected chi connectivity index (χ4v) is 2.26. The molecule has 0 bridgehead atoms. The van der Waals surface area contributed by atoms with Crippen molar-refractivity contribution in [3.63, 3.8) is 0 Å². The van der Waals surface area contributed by atoms with E-state index in [4.69, 9.17) is 10.5 Å². The van der Waals surface area contributed by atoms with Gasteiger partial charge in [0.15, 0.2) is 0 Å². The lowest BCUT2D eigenvalue weighted by atomic mass is 10.3. The highest BCUT2D eigenvalue weighted by Gasteiger charge is 2.03. The van der Waals surface area contributed by atoms with Crippen molar-refractivity contribution in [1.29, 1.82) is 0 Å². The van der Waals surface area contributed by atoms with Crippen molar-refractivity contribution >= 4 is 11.3 Å². The zero-order valence-corrected chi connectivity index (χ0v) is 11.6. The van der Waals surface area contributed by atoms with Crippen LogP contribution in [-0.4, -0.2) is 22.4 Å². The number of ether oxygens (including phenoxy) is 1. The van der Waals surface area contributed by atoms with Crippen LogP contribution in [0.3, 0.4) is 0 Å². The zero-order valence-electron chi connectivity index (χ0n) is 10.8. The Morgan fingerprint density at radius 3 is 3.05 bits per heavy atom. The second-order valence-corrected chi connectivity index (χ2v) is 5.40. The molecule has 0 saturated heterocycles. The Morgan fingerprint density at radius 1 is 1.58 bits per heavy atom. The average Bonchev–Trinajstić information content (AvgIpc) is 2.88. The molecule has 2 heterocycles. The van der Waals surface area contributed by atoms with Gasteiger partial charge in [-0.3, -0.25) is 4.79 Å². The summed E-state index contributed by atoms with van der Waals surface area (Å²) in [6.07, 6.45) is 2.36. The molecule has 1 atom stereocenters. The predicted octanol–water partition coefficient (Wildman–Crippen LogP) is 1.27. The Labute approximate surface area is 115 Å². The van der Waals surface area contributed by atoms with Gasteiger partial charge in [-0.25, -0.2) is 4.68 Å². The molecule has 0 spiro atoms. The molecular weight excluding hydrogens is 262 g/mol. The SMILES string of the molecule is CC(N)COc1cnn(CCc2cccs2)c(=O)c1. The Morgan fingerprint density at radius 2 is 2.42 bits per heavy atom. The largest absolute Gasteiger partial charge is 0.490 e. The number of hydrogen-bond donors (Lipinski definition) is 1. The van der Waals surface area contributed by atoms with E-state index in [-0.39, 0.29) is 11.6 Å². The summed E-state index contributed by atoms with van der Waals surface area (Å²) in [5, 5.41) is 6.12. The second-order valence-electron chi connectivity index (χ2n) is 4.37. The third-order valence-corrected chi connectivity index (χ3v) is 3.44. The van der Waals surface area contributed by atoms with E-state index in [0.717, 1.165) is 6.42 Å². The van der Waals surface area contributed by atoms with E-state index in [0.29, 0.717) is 18.9 Å². The first-order valence-corrected chi connectivity index (χ1v) is 7.01. The van der Waals surface area contributed by atoms with Gasteiger partial charge in [0, 0.05) is 30.0 Å². The summed E-state index contributed by atoms with van der Waals surface area (Å²) >= 11 is 1.68. The highest BCUT2D eigenvalue weighted by molar-refractivity contribution is 7.09. The Kier molecular flexibility index (Phi) is 4.70. The molecule has 0 saturated carbocycles. The third kappa shape index (κ3) is 4.18. The van der Waals surface area contributed by atoms with Gasteiger partial charge in [-0.2, -0.15) is 5.10 Å². The maximum absolute atomic E-state index is 11.8. The molecule has 0 aliphatic rings. The van der Waals surface area contributed by atoms with Crippen molar-refractivity contribution in [1.82, 2.24) is 9.78 Å². The molecule has 0 amide bonds. The summed E-state index contributed by atoms with van der Waals surface area (Å²) in [6, 6.07) is 5.43. The number of aromatic nitrogens is 2. The lowest BCUT2D eigenvalue weighted by Crippen LogP contribution is -2.26. The molecule has 102 valence electrons. The summed E-state index contributed by atoms with van der Waals surface area (Å²) in [5.74, 6) is 0.467. The number of hydrogen-bond acceptors (Lipinski definition) is 5. The quantitative estimate of drug-likeness (QED) is 0.864. The van der Waals surface area contributed by atoms with Crippen LogP contribution < -0.4 is 16.0 Å². The van der Waals surface area contributed by atoms with Crippen molar-refractivity contribution in [2.45, 2.75) is 25.9 Å². The standard InChI is InChI=1S/C13H17N3O2S/c1-10(14)9-18-11-7-13(17)16(15-8-11)5-4-12-3-2-6-19-12/h2-3,6-8,10H,4-5,9,14H2,1H3. The highest BCUT2D eigenvalue weighted by atomic mass is 32.1. The maximum Gasteiger partial charge on any atom is 0.270 e. The number of thiophene rings is 1. The molecule has 0 radical (unpaired) electrons. The van der Waals surface area contributed by atoms with E-state index >= 15 is 0 Å². The summed E-state index contributed by atoms with van der Waals surface area (Å²) in [7, 11) is 0. The zero-order chi connectivity index (χ0) is 13.7. The van der Waals surface area contributed by atoms with Gasteiger partial charge in [-0.1, -0.05) is 6.07 Å². The maximum atomic E-state index is 11.8. The molecule has 2 rings (SSSR count). The molecule has 6 heteroatoms. The molecule has 2 aromatic rings. The highest BCUT2D eigenvalue weighted by Crippen LogP contribution is 2.10. The normalized spacial score (nSPS) is 12.3. The van der Waals surface area contributed by atoms with Gasteiger partial charge in [0.2, 0.25) is 0 Å². The number of nitrogens with zero attached hydrogens (tertiary/aromatic N) is 2. The van der Waals surface area contributed by atoms with Crippen molar-refractivity contribution in [3.05, 3.63) is 45.0 Å². The predicted molar refractivity (Wildman–Crippen MR) is 75.7 cm³/mol. The lowest BCUT2D eigenvalue weighted by Gasteiger charge is -2.09. The Bertz CT molecular complexity index is 564. The van der Waals surface area contributed by atoms with Crippen LogP contribution in [0.15, 0.2) is 34.6 Å². The van der Waals surface area contributed by atoms with Crippen molar-refractivity contribution < 1.29 is 4.74 Å². The van der Waals surface area contributed by atoms with E-state index < -0.39 is 0 Å². The van der Waals surface area contributed by atoms with Gasteiger partial charge in [0.1, 0.15) is 12.4 Å². The van der Waals surface area contributed by atoms with Crippen LogP contribution in [0.4, 0.5) is 0 Å². The molecule has 1 unspecified atom stereocenters. The number of rotatable bonds is 6. The number of nitrogens with two attached hydrogens (primary N) is 1. The van der Waals surface area contributed by atoms with E-state index in [2.05, 4.69) is 11.2 Å². The average molecular weight is 279 g/mol. The van der Waals surface area contributed by atoms with Gasteiger partial charge in [-0.15, -0.1) is 11.3 Å². The van der Waals surface area contributed by atoms with E-state index in [1.54, 1.807) is 17.5 Å².